The molecule has 1 amide bonds. The van der Waals surface area contributed by atoms with Crippen LogP contribution in [0.2, 0.25) is 5.02 Å². The molecule has 1 heterocycles. The number of aryl methyl sites for hydroxylation is 2. The minimum absolute atomic E-state index is 0.0635. The summed E-state index contributed by atoms with van der Waals surface area (Å²) in [6, 6.07) is 14.1. The Kier molecular flexibility index (Phi) is 6.30. The number of benzene rings is 2. The predicted octanol–water partition coefficient (Wildman–Crippen LogP) is 3.71. The van der Waals surface area contributed by atoms with Crippen molar-refractivity contribution in [3.8, 4) is 0 Å². The van der Waals surface area contributed by atoms with Crippen LogP contribution < -0.4 is 5.32 Å². The van der Waals surface area contributed by atoms with Gasteiger partial charge in [-0.15, -0.1) is 0 Å². The van der Waals surface area contributed by atoms with Gasteiger partial charge in [0, 0.05) is 43.4 Å². The Hall–Kier alpha value is -1.88. The summed E-state index contributed by atoms with van der Waals surface area (Å²) >= 11 is 5.94. The van der Waals surface area contributed by atoms with Crippen LogP contribution in [0.25, 0.3) is 0 Å². The normalized spacial score (nSPS) is 15.8. The average molecular weight is 372 g/mol. The van der Waals surface area contributed by atoms with Gasteiger partial charge in [0.1, 0.15) is 0 Å². The Balaban J connectivity index is 1.46. The fourth-order valence-corrected chi connectivity index (χ4v) is 3.47. The summed E-state index contributed by atoms with van der Waals surface area (Å²) in [5.41, 5.74) is 4.42. The van der Waals surface area contributed by atoms with Gasteiger partial charge in [-0.3, -0.25) is 14.6 Å². The van der Waals surface area contributed by atoms with Crippen molar-refractivity contribution in [3.05, 3.63) is 64.2 Å². The van der Waals surface area contributed by atoms with Crippen LogP contribution in [0.5, 0.6) is 0 Å². The largest absolute Gasteiger partial charge is 0.324 e. The quantitative estimate of drug-likeness (QED) is 0.870. The number of para-hydroxylation sites is 1. The van der Waals surface area contributed by atoms with E-state index in [1.165, 1.54) is 5.56 Å². The van der Waals surface area contributed by atoms with Crippen molar-refractivity contribution in [1.82, 2.24) is 9.80 Å². The van der Waals surface area contributed by atoms with Crippen LogP contribution in [0.4, 0.5) is 5.69 Å². The molecule has 1 fully saturated rings. The molecular formula is C21H26ClN3O. The van der Waals surface area contributed by atoms with Crippen LogP contribution in [0.15, 0.2) is 42.5 Å². The summed E-state index contributed by atoms with van der Waals surface area (Å²) in [5, 5.41) is 3.85. The smallest absolute Gasteiger partial charge is 0.238 e. The fourth-order valence-electron chi connectivity index (χ4n) is 3.35. The first-order valence-corrected chi connectivity index (χ1v) is 9.44. The minimum atomic E-state index is 0.0635. The number of anilines is 1. The number of rotatable bonds is 5. The summed E-state index contributed by atoms with van der Waals surface area (Å²) in [4.78, 5) is 17.1. The lowest BCUT2D eigenvalue weighted by Crippen LogP contribution is -2.48. The van der Waals surface area contributed by atoms with Crippen LogP contribution >= 0.6 is 11.6 Å². The molecule has 138 valence electrons. The maximum absolute atomic E-state index is 12.4. The van der Waals surface area contributed by atoms with E-state index in [-0.39, 0.29) is 5.91 Å². The molecule has 2 aromatic rings. The molecule has 0 spiro atoms. The third-order valence-corrected chi connectivity index (χ3v) is 5.15. The molecule has 0 bridgehead atoms. The molecule has 4 nitrogen and oxygen atoms in total. The molecule has 0 unspecified atom stereocenters. The fraction of sp³-hybridized carbons (Fsp3) is 0.381. The molecule has 1 aliphatic heterocycles. The molecule has 1 saturated heterocycles. The van der Waals surface area contributed by atoms with Gasteiger partial charge in [0.2, 0.25) is 5.91 Å². The first kappa shape index (κ1) is 18.9. The van der Waals surface area contributed by atoms with Crippen LogP contribution in [-0.4, -0.2) is 48.4 Å². The molecule has 1 aliphatic rings. The lowest BCUT2D eigenvalue weighted by molar-refractivity contribution is -0.117. The Morgan fingerprint density at radius 1 is 0.962 bits per heavy atom. The molecule has 3 rings (SSSR count). The first-order valence-electron chi connectivity index (χ1n) is 9.06. The minimum Gasteiger partial charge on any atom is -0.324 e. The van der Waals surface area contributed by atoms with Gasteiger partial charge in [0.25, 0.3) is 0 Å². The SMILES string of the molecule is Cc1cccc(C)c1NC(=O)CN1CCN(Cc2ccc(Cl)cc2)CC1. The molecule has 1 N–H and O–H groups in total. The number of amides is 1. The highest BCUT2D eigenvalue weighted by Crippen LogP contribution is 2.19. The number of nitrogens with one attached hydrogen (secondary N) is 1. The van der Waals surface area contributed by atoms with E-state index in [1.54, 1.807) is 0 Å². The zero-order valence-corrected chi connectivity index (χ0v) is 16.2. The summed E-state index contributed by atoms with van der Waals surface area (Å²) in [6.45, 7) is 9.19. The van der Waals surface area contributed by atoms with Gasteiger partial charge in [-0.25, -0.2) is 0 Å². The summed E-state index contributed by atoms with van der Waals surface area (Å²) in [6.07, 6.45) is 0. The Bertz CT molecular complexity index is 732. The average Bonchev–Trinajstić information content (AvgIpc) is 2.62. The zero-order chi connectivity index (χ0) is 18.5. The molecular weight excluding hydrogens is 346 g/mol. The molecule has 0 atom stereocenters. The Labute approximate surface area is 160 Å². The summed E-state index contributed by atoms with van der Waals surface area (Å²) < 4.78 is 0. The van der Waals surface area contributed by atoms with Gasteiger partial charge in [-0.05, 0) is 42.7 Å². The molecule has 0 aliphatic carbocycles. The molecule has 2 aromatic carbocycles. The van der Waals surface area contributed by atoms with E-state index in [4.69, 9.17) is 11.6 Å². The van der Waals surface area contributed by atoms with Crippen LogP contribution in [-0.2, 0) is 11.3 Å². The van der Waals surface area contributed by atoms with E-state index in [1.807, 2.05) is 44.2 Å². The number of nitrogens with zero attached hydrogens (tertiary/aromatic N) is 2. The van der Waals surface area contributed by atoms with E-state index < -0.39 is 0 Å². The highest BCUT2D eigenvalue weighted by molar-refractivity contribution is 6.30. The number of carbonyl (C=O) groups excluding carboxylic acids is 1. The second-order valence-corrected chi connectivity index (χ2v) is 7.43. The van der Waals surface area contributed by atoms with E-state index in [0.29, 0.717) is 6.54 Å². The predicted molar refractivity (Wildman–Crippen MR) is 108 cm³/mol. The van der Waals surface area contributed by atoms with Crippen molar-refractivity contribution >= 4 is 23.2 Å². The van der Waals surface area contributed by atoms with E-state index >= 15 is 0 Å². The molecule has 26 heavy (non-hydrogen) atoms. The number of hydrogen-bond acceptors (Lipinski definition) is 3. The Morgan fingerprint density at radius 2 is 1.54 bits per heavy atom. The third-order valence-electron chi connectivity index (χ3n) is 4.90. The maximum Gasteiger partial charge on any atom is 0.238 e. The molecule has 0 radical (unpaired) electrons. The number of hydrogen-bond donors (Lipinski definition) is 1. The highest BCUT2D eigenvalue weighted by atomic mass is 35.5. The van der Waals surface area contributed by atoms with Gasteiger partial charge >= 0.3 is 0 Å². The standard InChI is InChI=1S/C21H26ClN3O/c1-16-4-3-5-17(2)21(16)23-20(26)15-25-12-10-24(11-13-25)14-18-6-8-19(22)9-7-18/h3-9H,10-15H2,1-2H3,(H,23,26). The van der Waals surface area contributed by atoms with Gasteiger partial charge in [-0.1, -0.05) is 41.9 Å². The number of carbonyl (C=O) groups is 1. The summed E-state index contributed by atoms with van der Waals surface area (Å²) in [7, 11) is 0. The van der Waals surface area contributed by atoms with Gasteiger partial charge in [-0.2, -0.15) is 0 Å². The third kappa shape index (κ3) is 5.07. The van der Waals surface area contributed by atoms with E-state index in [0.717, 1.165) is 54.6 Å². The van der Waals surface area contributed by atoms with Crippen molar-refractivity contribution in [3.63, 3.8) is 0 Å². The summed E-state index contributed by atoms with van der Waals surface area (Å²) in [5.74, 6) is 0.0635. The van der Waals surface area contributed by atoms with Crippen LogP contribution in [0.1, 0.15) is 16.7 Å². The van der Waals surface area contributed by atoms with Crippen molar-refractivity contribution in [1.29, 1.82) is 0 Å². The second-order valence-electron chi connectivity index (χ2n) is 6.99. The van der Waals surface area contributed by atoms with Crippen molar-refractivity contribution < 1.29 is 4.79 Å². The maximum atomic E-state index is 12.4. The number of piperazine rings is 1. The zero-order valence-electron chi connectivity index (χ0n) is 15.5. The van der Waals surface area contributed by atoms with E-state index in [9.17, 15) is 4.79 Å². The van der Waals surface area contributed by atoms with Gasteiger partial charge in [0.05, 0.1) is 6.54 Å². The van der Waals surface area contributed by atoms with Crippen molar-refractivity contribution in [2.75, 3.05) is 38.0 Å². The highest BCUT2D eigenvalue weighted by Gasteiger charge is 2.19. The lowest BCUT2D eigenvalue weighted by atomic mass is 10.1. The van der Waals surface area contributed by atoms with Gasteiger partial charge < -0.3 is 5.32 Å². The monoisotopic (exact) mass is 371 g/mol. The van der Waals surface area contributed by atoms with Crippen LogP contribution in [0.3, 0.4) is 0 Å². The molecule has 5 heteroatoms. The second kappa shape index (κ2) is 8.67. The van der Waals surface area contributed by atoms with Crippen LogP contribution in [0, 0.1) is 13.8 Å². The van der Waals surface area contributed by atoms with Crippen molar-refractivity contribution in [2.45, 2.75) is 20.4 Å². The topological polar surface area (TPSA) is 35.6 Å². The Morgan fingerprint density at radius 3 is 2.15 bits per heavy atom. The van der Waals surface area contributed by atoms with E-state index in [2.05, 4.69) is 27.2 Å². The first-order chi connectivity index (χ1) is 12.5. The lowest BCUT2D eigenvalue weighted by Gasteiger charge is -2.34. The van der Waals surface area contributed by atoms with Crippen molar-refractivity contribution in [2.24, 2.45) is 0 Å². The molecule has 0 aromatic heterocycles. The van der Waals surface area contributed by atoms with Gasteiger partial charge in [0.15, 0.2) is 0 Å². The number of halogens is 1. The molecule has 0 saturated carbocycles.